The second-order valence-electron chi connectivity index (χ2n) is 4.51. The molecule has 0 fully saturated rings. The lowest BCUT2D eigenvalue weighted by atomic mass is 10.1. The van der Waals surface area contributed by atoms with Crippen molar-refractivity contribution in [2.45, 2.75) is 31.6 Å². The van der Waals surface area contributed by atoms with Crippen molar-refractivity contribution < 1.29 is 4.21 Å². The lowest BCUT2D eigenvalue weighted by Crippen LogP contribution is -2.35. The van der Waals surface area contributed by atoms with Crippen LogP contribution in [0, 0.1) is 12.3 Å². The molecule has 0 saturated heterocycles. The Morgan fingerprint density at radius 2 is 1.88 bits per heavy atom. The van der Waals surface area contributed by atoms with Gasteiger partial charge in [-0.1, -0.05) is 36.3 Å². The van der Waals surface area contributed by atoms with Crippen molar-refractivity contribution in [1.82, 2.24) is 4.72 Å². The van der Waals surface area contributed by atoms with Crippen LogP contribution in [0.4, 0.5) is 0 Å². The number of benzene rings is 1. The van der Waals surface area contributed by atoms with Crippen molar-refractivity contribution >= 4 is 11.0 Å². The summed E-state index contributed by atoms with van der Waals surface area (Å²) in [6.07, 6.45) is 5.45. The Morgan fingerprint density at radius 3 is 2.31 bits per heavy atom. The maximum atomic E-state index is 11.9. The molecule has 0 aliphatic carbocycles. The Hall–Kier alpha value is -1.11. The standard InChI is InChI=1S/C13H17NOS/c1-5-12(11-9-7-6-8-10-11)14-16(15)13(2,3)4/h1,6-10,12,14H,2-4H3/t12-,16?/m0/s1. The van der Waals surface area contributed by atoms with Gasteiger partial charge in [-0.25, -0.2) is 8.93 Å². The van der Waals surface area contributed by atoms with Gasteiger partial charge in [-0.05, 0) is 26.3 Å². The number of hydrogen-bond donors (Lipinski definition) is 1. The SMILES string of the molecule is C#C[C@H](NS(=O)C(C)(C)C)c1ccccc1. The minimum absolute atomic E-state index is 0.304. The molecule has 0 spiro atoms. The number of hydrogen-bond acceptors (Lipinski definition) is 1. The first kappa shape index (κ1) is 13.0. The smallest absolute Gasteiger partial charge is 0.105 e. The van der Waals surface area contributed by atoms with Crippen LogP contribution in [0.25, 0.3) is 0 Å². The summed E-state index contributed by atoms with van der Waals surface area (Å²) in [5, 5.41) is 0. The molecule has 2 atom stereocenters. The van der Waals surface area contributed by atoms with E-state index in [9.17, 15) is 4.21 Å². The van der Waals surface area contributed by atoms with Gasteiger partial charge in [0.15, 0.2) is 0 Å². The van der Waals surface area contributed by atoms with Gasteiger partial charge in [-0.15, -0.1) is 6.42 Å². The molecule has 0 saturated carbocycles. The Morgan fingerprint density at radius 1 is 1.31 bits per heavy atom. The fourth-order valence-electron chi connectivity index (χ4n) is 1.13. The molecule has 0 aliphatic heterocycles. The predicted octanol–water partition coefficient (Wildman–Crippen LogP) is 2.41. The van der Waals surface area contributed by atoms with E-state index < -0.39 is 11.0 Å². The third-order valence-electron chi connectivity index (χ3n) is 2.08. The van der Waals surface area contributed by atoms with E-state index in [4.69, 9.17) is 6.42 Å². The van der Waals surface area contributed by atoms with Gasteiger partial charge in [0.25, 0.3) is 0 Å². The van der Waals surface area contributed by atoms with Crippen LogP contribution >= 0.6 is 0 Å². The first-order valence-electron chi connectivity index (χ1n) is 5.14. The molecule has 0 radical (unpaired) electrons. The molecule has 2 nitrogen and oxygen atoms in total. The van der Waals surface area contributed by atoms with Crippen LogP contribution in [0.1, 0.15) is 32.4 Å². The third-order valence-corrected chi connectivity index (χ3v) is 3.64. The molecule has 0 amide bonds. The molecule has 1 rings (SSSR count). The van der Waals surface area contributed by atoms with Gasteiger partial charge in [-0.2, -0.15) is 0 Å². The lowest BCUT2D eigenvalue weighted by Gasteiger charge is -2.21. The van der Waals surface area contributed by atoms with Gasteiger partial charge < -0.3 is 0 Å². The summed E-state index contributed by atoms with van der Waals surface area (Å²) in [6.45, 7) is 5.73. The zero-order valence-corrected chi connectivity index (χ0v) is 10.7. The maximum Gasteiger partial charge on any atom is 0.105 e. The average Bonchev–Trinajstić information content (AvgIpc) is 2.25. The van der Waals surface area contributed by atoms with E-state index in [1.807, 2.05) is 51.1 Å². The van der Waals surface area contributed by atoms with Gasteiger partial charge in [0.1, 0.15) is 6.04 Å². The van der Waals surface area contributed by atoms with Gasteiger partial charge in [0.2, 0.25) is 0 Å². The zero-order chi connectivity index (χ0) is 12.2. The minimum atomic E-state index is -1.16. The van der Waals surface area contributed by atoms with E-state index in [0.717, 1.165) is 5.56 Å². The topological polar surface area (TPSA) is 29.1 Å². The van der Waals surface area contributed by atoms with Crippen molar-refractivity contribution in [1.29, 1.82) is 0 Å². The summed E-state index contributed by atoms with van der Waals surface area (Å²) in [5.74, 6) is 2.62. The average molecular weight is 235 g/mol. The molecule has 0 bridgehead atoms. The van der Waals surface area contributed by atoms with E-state index >= 15 is 0 Å². The van der Waals surface area contributed by atoms with Crippen LogP contribution in [0.2, 0.25) is 0 Å². The number of rotatable bonds is 3. The second kappa shape index (κ2) is 5.29. The van der Waals surface area contributed by atoms with Crippen molar-refractivity contribution in [3.63, 3.8) is 0 Å². The molecule has 16 heavy (non-hydrogen) atoms. The van der Waals surface area contributed by atoms with Crippen LogP contribution in [0.5, 0.6) is 0 Å². The molecule has 1 aromatic rings. The van der Waals surface area contributed by atoms with Gasteiger partial charge in [0.05, 0.1) is 15.7 Å². The van der Waals surface area contributed by atoms with Crippen molar-refractivity contribution in [2.75, 3.05) is 0 Å². The highest BCUT2D eigenvalue weighted by Crippen LogP contribution is 2.16. The summed E-state index contributed by atoms with van der Waals surface area (Å²) >= 11 is 0. The van der Waals surface area contributed by atoms with Crippen molar-refractivity contribution in [3.05, 3.63) is 35.9 Å². The quantitative estimate of drug-likeness (QED) is 0.801. The first-order valence-corrected chi connectivity index (χ1v) is 6.29. The molecule has 3 heteroatoms. The summed E-state index contributed by atoms with van der Waals surface area (Å²) in [7, 11) is -1.16. The van der Waals surface area contributed by atoms with Crippen LogP contribution in [0.3, 0.4) is 0 Å². The largest absolute Gasteiger partial charge is 0.242 e. The highest BCUT2D eigenvalue weighted by Gasteiger charge is 2.22. The third kappa shape index (κ3) is 3.48. The van der Waals surface area contributed by atoms with E-state index in [2.05, 4.69) is 10.6 Å². The Balaban J connectivity index is 2.80. The van der Waals surface area contributed by atoms with Crippen LogP contribution in [-0.4, -0.2) is 8.96 Å². The fraction of sp³-hybridized carbons (Fsp3) is 0.385. The summed E-state index contributed by atoms with van der Waals surface area (Å²) in [5.41, 5.74) is 0.961. The monoisotopic (exact) mass is 235 g/mol. The van der Waals surface area contributed by atoms with E-state index in [0.29, 0.717) is 0 Å². The lowest BCUT2D eigenvalue weighted by molar-refractivity contribution is 0.629. The van der Waals surface area contributed by atoms with E-state index in [1.54, 1.807) is 0 Å². The van der Waals surface area contributed by atoms with Crippen molar-refractivity contribution in [3.8, 4) is 12.3 Å². The second-order valence-corrected chi connectivity index (χ2v) is 6.51. The molecule has 0 aromatic heterocycles. The van der Waals surface area contributed by atoms with Crippen LogP contribution in [0.15, 0.2) is 30.3 Å². The fourth-order valence-corrected chi connectivity index (χ4v) is 1.90. The molecular formula is C13H17NOS. The maximum absolute atomic E-state index is 11.9. The zero-order valence-electron chi connectivity index (χ0n) is 9.86. The normalized spacial score (nSPS) is 15.1. The van der Waals surface area contributed by atoms with Gasteiger partial charge in [-0.3, -0.25) is 0 Å². The van der Waals surface area contributed by atoms with Gasteiger partial charge >= 0.3 is 0 Å². The molecule has 1 aromatic carbocycles. The van der Waals surface area contributed by atoms with E-state index in [1.165, 1.54) is 0 Å². The van der Waals surface area contributed by atoms with E-state index in [-0.39, 0.29) is 10.8 Å². The highest BCUT2D eigenvalue weighted by atomic mass is 32.2. The van der Waals surface area contributed by atoms with Crippen LogP contribution < -0.4 is 4.72 Å². The molecule has 0 heterocycles. The predicted molar refractivity (Wildman–Crippen MR) is 69.0 cm³/mol. The first-order chi connectivity index (χ1) is 7.45. The Kier molecular flexibility index (Phi) is 4.28. The minimum Gasteiger partial charge on any atom is -0.242 e. The number of nitrogens with one attached hydrogen (secondary N) is 1. The molecular weight excluding hydrogens is 218 g/mol. The summed E-state index contributed by atoms with van der Waals surface area (Å²) in [6, 6.07) is 9.32. The molecule has 1 N–H and O–H groups in total. The molecule has 86 valence electrons. The molecule has 1 unspecified atom stereocenters. The summed E-state index contributed by atoms with van der Waals surface area (Å²) < 4.78 is 14.6. The Labute approximate surface area is 100 Å². The van der Waals surface area contributed by atoms with Crippen molar-refractivity contribution in [2.24, 2.45) is 0 Å². The highest BCUT2D eigenvalue weighted by molar-refractivity contribution is 7.84. The number of terminal acetylenes is 1. The Bertz CT molecular complexity index is 400. The van der Waals surface area contributed by atoms with Crippen LogP contribution in [-0.2, 0) is 11.0 Å². The summed E-state index contributed by atoms with van der Waals surface area (Å²) in [4.78, 5) is 0. The van der Waals surface area contributed by atoms with Gasteiger partial charge in [0, 0.05) is 0 Å². The molecule has 0 aliphatic rings.